The number of carbonyl (C=O) groups excluding carboxylic acids is 1. The van der Waals surface area contributed by atoms with Crippen molar-refractivity contribution in [2.24, 2.45) is 5.92 Å². The van der Waals surface area contributed by atoms with E-state index < -0.39 is 33.3 Å². The Kier molecular flexibility index (Phi) is 8.27. The first-order chi connectivity index (χ1) is 17.6. The third-order valence-corrected chi connectivity index (χ3v) is 6.84. The van der Waals surface area contributed by atoms with Crippen molar-refractivity contribution in [2.45, 2.75) is 52.0 Å². The van der Waals surface area contributed by atoms with Gasteiger partial charge in [-0.1, -0.05) is 13.8 Å². The molecule has 0 unspecified atom stereocenters. The second-order valence-corrected chi connectivity index (χ2v) is 11.9. The Balaban J connectivity index is 2.09. The number of ether oxygens (including phenoxy) is 1. The zero-order valence-corrected chi connectivity index (χ0v) is 22.8. The number of carboxylic acids is 1. The van der Waals surface area contributed by atoms with Gasteiger partial charge in [-0.25, -0.2) is 27.0 Å². The average molecular weight is 547 g/mol. The normalized spacial score (nSPS) is 12.0. The van der Waals surface area contributed by atoms with E-state index in [9.17, 15) is 27.5 Å². The van der Waals surface area contributed by atoms with E-state index in [0.29, 0.717) is 0 Å². The molecule has 0 saturated carbocycles. The number of sulfonamides is 1. The van der Waals surface area contributed by atoms with E-state index >= 15 is 0 Å². The van der Waals surface area contributed by atoms with Crippen molar-refractivity contribution in [2.75, 3.05) is 11.9 Å². The highest BCUT2D eigenvalue weighted by atomic mass is 32.2. The van der Waals surface area contributed by atoms with E-state index in [0.717, 1.165) is 12.1 Å². The highest BCUT2D eigenvalue weighted by molar-refractivity contribution is 7.89. The quantitative estimate of drug-likeness (QED) is 0.351. The number of halogens is 1. The van der Waals surface area contributed by atoms with Gasteiger partial charge >= 0.3 is 5.97 Å². The second-order valence-electron chi connectivity index (χ2n) is 10.1. The number of carboxylic acid groups (broad SMARTS) is 1. The Labute approximate surface area is 220 Å². The summed E-state index contributed by atoms with van der Waals surface area (Å²) in [5, 5.41) is 16.3. The molecule has 10 nitrogen and oxygen atoms in total. The molecule has 1 aromatic heterocycles. The van der Waals surface area contributed by atoms with Crippen molar-refractivity contribution in [3.8, 4) is 11.6 Å². The van der Waals surface area contributed by atoms with Crippen LogP contribution in [0.1, 0.15) is 61.0 Å². The van der Waals surface area contributed by atoms with Crippen molar-refractivity contribution in [3.63, 3.8) is 0 Å². The first-order valence-electron chi connectivity index (χ1n) is 11.8. The van der Waals surface area contributed by atoms with Gasteiger partial charge in [-0.2, -0.15) is 5.10 Å². The highest BCUT2D eigenvalue weighted by Crippen LogP contribution is 2.36. The van der Waals surface area contributed by atoms with E-state index in [4.69, 9.17) is 4.74 Å². The maximum absolute atomic E-state index is 13.3. The molecule has 0 spiro atoms. The van der Waals surface area contributed by atoms with Gasteiger partial charge in [0, 0.05) is 23.4 Å². The lowest BCUT2D eigenvalue weighted by atomic mass is 10.1. The molecular formula is C26H31FN4O6S. The molecule has 0 bridgehead atoms. The van der Waals surface area contributed by atoms with Crippen LogP contribution in [-0.4, -0.2) is 41.7 Å². The van der Waals surface area contributed by atoms with E-state index in [1.807, 2.05) is 13.8 Å². The van der Waals surface area contributed by atoms with E-state index in [-0.39, 0.29) is 51.5 Å². The number of benzene rings is 2. The van der Waals surface area contributed by atoms with Crippen LogP contribution in [0.5, 0.6) is 11.6 Å². The molecule has 2 aromatic carbocycles. The van der Waals surface area contributed by atoms with Crippen LogP contribution in [0.3, 0.4) is 0 Å². The molecule has 1 heterocycles. The number of hydrogen-bond acceptors (Lipinski definition) is 6. The van der Waals surface area contributed by atoms with Crippen molar-refractivity contribution in [3.05, 3.63) is 65.1 Å². The second kappa shape index (κ2) is 10.9. The van der Waals surface area contributed by atoms with Crippen molar-refractivity contribution >= 4 is 27.6 Å². The molecule has 1 amide bonds. The lowest BCUT2D eigenvalue weighted by Crippen LogP contribution is -2.28. The number of amides is 1. The standard InChI is InChI=1S/C26H31FN4O6S/c1-15(2)14-28-38(35,36)21-13-19(29-23(32)17-7-9-18(27)10-8-17)11-12-20(21)37-24-16(3)22(25(33)34)30-31(24)26(4,5)6/h7-13,15,28H,14H2,1-6H3,(H,29,32)(H,33,34). The number of aromatic nitrogens is 2. The van der Waals surface area contributed by atoms with Gasteiger partial charge in [0.1, 0.15) is 16.5 Å². The number of carbonyl (C=O) groups is 2. The summed E-state index contributed by atoms with van der Waals surface area (Å²) in [7, 11) is -4.13. The summed E-state index contributed by atoms with van der Waals surface area (Å²) in [5.74, 6) is -2.32. The van der Waals surface area contributed by atoms with Gasteiger partial charge < -0.3 is 15.2 Å². The Morgan fingerprint density at radius 2 is 1.76 bits per heavy atom. The number of hydrogen-bond donors (Lipinski definition) is 3. The van der Waals surface area contributed by atoms with E-state index in [2.05, 4.69) is 15.1 Å². The minimum absolute atomic E-state index is 0.0122. The topological polar surface area (TPSA) is 140 Å². The minimum Gasteiger partial charge on any atom is -0.476 e. The zero-order valence-electron chi connectivity index (χ0n) is 22.0. The molecule has 12 heteroatoms. The SMILES string of the molecule is Cc1c(C(=O)O)nn(C(C)(C)C)c1Oc1ccc(NC(=O)c2ccc(F)cc2)cc1S(=O)(=O)NCC(C)C. The maximum atomic E-state index is 13.3. The lowest BCUT2D eigenvalue weighted by molar-refractivity contribution is 0.0687. The van der Waals surface area contributed by atoms with Crippen LogP contribution in [-0.2, 0) is 15.6 Å². The molecule has 0 atom stereocenters. The van der Waals surface area contributed by atoms with Crippen LogP contribution in [0.25, 0.3) is 0 Å². The summed E-state index contributed by atoms with van der Waals surface area (Å²) in [6.07, 6.45) is 0. The van der Waals surface area contributed by atoms with Crippen LogP contribution in [0.15, 0.2) is 47.4 Å². The number of nitrogens with one attached hydrogen (secondary N) is 2. The largest absolute Gasteiger partial charge is 0.476 e. The van der Waals surface area contributed by atoms with E-state index in [1.165, 1.54) is 41.9 Å². The van der Waals surface area contributed by atoms with Crippen LogP contribution >= 0.6 is 0 Å². The van der Waals surface area contributed by atoms with Crippen LogP contribution in [0, 0.1) is 18.7 Å². The number of rotatable bonds is 9. The minimum atomic E-state index is -4.13. The maximum Gasteiger partial charge on any atom is 0.356 e. The van der Waals surface area contributed by atoms with Crippen LogP contribution in [0.4, 0.5) is 10.1 Å². The Hall–Kier alpha value is -3.77. The Morgan fingerprint density at radius 3 is 2.32 bits per heavy atom. The predicted octanol–water partition coefficient (Wildman–Crippen LogP) is 4.76. The van der Waals surface area contributed by atoms with Crippen LogP contribution < -0.4 is 14.8 Å². The summed E-state index contributed by atoms with van der Waals surface area (Å²) in [6.45, 7) is 10.8. The monoisotopic (exact) mass is 546 g/mol. The van der Waals surface area contributed by atoms with Gasteiger partial charge in [0.2, 0.25) is 15.9 Å². The third-order valence-electron chi connectivity index (χ3n) is 5.39. The fraction of sp³-hybridized carbons (Fsp3) is 0.346. The van der Waals surface area contributed by atoms with Gasteiger partial charge in [0.05, 0.1) is 5.54 Å². The molecule has 0 aliphatic rings. The van der Waals surface area contributed by atoms with Gasteiger partial charge in [0.25, 0.3) is 5.91 Å². The van der Waals surface area contributed by atoms with E-state index in [1.54, 1.807) is 20.8 Å². The van der Waals surface area contributed by atoms with Gasteiger partial charge in [0.15, 0.2) is 5.69 Å². The molecule has 3 aromatic rings. The first kappa shape index (κ1) is 28.8. The molecule has 204 valence electrons. The third kappa shape index (κ3) is 6.56. The fourth-order valence-electron chi connectivity index (χ4n) is 3.40. The summed E-state index contributed by atoms with van der Waals surface area (Å²) < 4.78 is 49.8. The number of aromatic carboxylic acids is 1. The van der Waals surface area contributed by atoms with Crippen LogP contribution in [0.2, 0.25) is 0 Å². The van der Waals surface area contributed by atoms with Crippen molar-refractivity contribution in [1.29, 1.82) is 0 Å². The molecule has 0 radical (unpaired) electrons. The molecule has 3 rings (SSSR count). The lowest BCUT2D eigenvalue weighted by Gasteiger charge is -2.23. The molecule has 3 N–H and O–H groups in total. The predicted molar refractivity (Wildman–Crippen MR) is 140 cm³/mol. The number of nitrogens with zero attached hydrogens (tertiary/aromatic N) is 2. The Morgan fingerprint density at radius 1 is 1.13 bits per heavy atom. The summed E-state index contributed by atoms with van der Waals surface area (Å²) >= 11 is 0. The molecular weight excluding hydrogens is 515 g/mol. The smallest absolute Gasteiger partial charge is 0.356 e. The fourth-order valence-corrected chi connectivity index (χ4v) is 4.77. The Bertz CT molecular complexity index is 1460. The van der Waals surface area contributed by atoms with Gasteiger partial charge in [-0.15, -0.1) is 0 Å². The van der Waals surface area contributed by atoms with Gasteiger partial charge in [-0.05, 0) is 76.1 Å². The number of anilines is 1. The zero-order chi connectivity index (χ0) is 28.4. The summed E-state index contributed by atoms with van der Waals surface area (Å²) in [6, 6.07) is 8.95. The molecule has 0 saturated heterocycles. The van der Waals surface area contributed by atoms with Crippen molar-refractivity contribution in [1.82, 2.24) is 14.5 Å². The average Bonchev–Trinajstić information content (AvgIpc) is 3.15. The molecule has 0 fully saturated rings. The molecule has 0 aliphatic carbocycles. The van der Waals surface area contributed by atoms with Gasteiger partial charge in [-0.3, -0.25) is 4.79 Å². The first-order valence-corrected chi connectivity index (χ1v) is 13.3. The van der Waals surface area contributed by atoms with Crippen molar-refractivity contribution < 1.29 is 32.2 Å². The highest BCUT2D eigenvalue weighted by Gasteiger charge is 2.29. The summed E-state index contributed by atoms with van der Waals surface area (Å²) in [5.41, 5.74) is -0.352. The summed E-state index contributed by atoms with van der Waals surface area (Å²) in [4.78, 5) is 24.1. The molecule has 38 heavy (non-hydrogen) atoms. The molecule has 0 aliphatic heterocycles.